The first-order chi connectivity index (χ1) is 16.8. The van der Waals surface area contributed by atoms with Crippen molar-refractivity contribution in [3.63, 3.8) is 0 Å². The van der Waals surface area contributed by atoms with Gasteiger partial charge in [0.2, 0.25) is 5.91 Å². The minimum atomic E-state index is -0.298. The molecule has 0 spiro atoms. The van der Waals surface area contributed by atoms with E-state index in [-0.39, 0.29) is 29.5 Å². The molecule has 11 heteroatoms. The van der Waals surface area contributed by atoms with Gasteiger partial charge in [0.25, 0.3) is 0 Å². The van der Waals surface area contributed by atoms with E-state index in [1.165, 1.54) is 6.92 Å². The third-order valence-electron chi connectivity index (χ3n) is 6.78. The van der Waals surface area contributed by atoms with Crippen molar-refractivity contribution >= 4 is 51.9 Å². The Bertz CT molecular complexity index is 1280. The first-order valence-electron chi connectivity index (χ1n) is 11.8. The number of carbonyl (C=O) groups excluding carboxylic acids is 2. The number of anilines is 1. The quantitative estimate of drug-likeness (QED) is 0.520. The van der Waals surface area contributed by atoms with Crippen molar-refractivity contribution < 1.29 is 9.59 Å². The van der Waals surface area contributed by atoms with Gasteiger partial charge in [-0.05, 0) is 44.0 Å². The number of carbonyl (C=O) groups is 2. The van der Waals surface area contributed by atoms with Gasteiger partial charge in [-0.25, -0.2) is 14.6 Å². The minimum Gasteiger partial charge on any atom is -0.352 e. The van der Waals surface area contributed by atoms with Crippen molar-refractivity contribution in [1.82, 2.24) is 30.0 Å². The van der Waals surface area contributed by atoms with Crippen LogP contribution in [-0.2, 0) is 4.79 Å². The molecule has 1 N–H and O–H groups in total. The third-order valence-corrected chi connectivity index (χ3v) is 7.34. The van der Waals surface area contributed by atoms with Gasteiger partial charge in [-0.2, -0.15) is 5.10 Å². The predicted molar refractivity (Wildman–Crippen MR) is 135 cm³/mol. The molecular weight excluding hydrogens is 489 g/mol. The van der Waals surface area contributed by atoms with Crippen LogP contribution in [0.1, 0.15) is 48.8 Å². The molecule has 2 aliphatic heterocycles. The second kappa shape index (κ2) is 9.72. The molecule has 2 atom stereocenters. The summed E-state index contributed by atoms with van der Waals surface area (Å²) in [6.45, 7) is 6.90. The number of aromatic nitrogens is 4. The lowest BCUT2D eigenvalue weighted by Gasteiger charge is -2.36. The molecule has 35 heavy (non-hydrogen) atoms. The van der Waals surface area contributed by atoms with Crippen LogP contribution in [0.4, 0.5) is 5.82 Å². The van der Waals surface area contributed by atoms with E-state index in [1.807, 2.05) is 17.9 Å². The highest BCUT2D eigenvalue weighted by molar-refractivity contribution is 6.35. The highest BCUT2D eigenvalue weighted by atomic mass is 35.5. The monoisotopic (exact) mass is 515 g/mol. The molecule has 2 aliphatic rings. The van der Waals surface area contributed by atoms with Crippen molar-refractivity contribution in [1.29, 1.82) is 0 Å². The van der Waals surface area contributed by atoms with Crippen LogP contribution >= 0.6 is 23.2 Å². The van der Waals surface area contributed by atoms with Crippen LogP contribution in [0.25, 0.3) is 11.2 Å². The Morgan fingerprint density at radius 2 is 1.94 bits per heavy atom. The molecule has 2 aromatic heterocycles. The number of benzene rings is 1. The van der Waals surface area contributed by atoms with Gasteiger partial charge >= 0.3 is 0 Å². The third kappa shape index (κ3) is 4.60. The van der Waals surface area contributed by atoms with Gasteiger partial charge in [0.05, 0.1) is 18.3 Å². The number of halogens is 2. The Hall–Kier alpha value is -2.75. The molecule has 2 saturated heterocycles. The molecule has 3 aromatic rings. The molecule has 0 saturated carbocycles. The molecule has 5 rings (SSSR count). The number of hydrogen-bond acceptors (Lipinski definition) is 7. The number of piperazine rings is 1. The minimum absolute atomic E-state index is 0.0572. The van der Waals surface area contributed by atoms with E-state index in [0.717, 1.165) is 24.9 Å². The van der Waals surface area contributed by atoms with E-state index in [9.17, 15) is 9.59 Å². The van der Waals surface area contributed by atoms with Crippen LogP contribution in [-0.4, -0.2) is 75.1 Å². The normalized spacial score (nSPS) is 19.4. The Morgan fingerprint density at radius 3 is 2.60 bits per heavy atom. The van der Waals surface area contributed by atoms with E-state index in [1.54, 1.807) is 23.0 Å². The van der Waals surface area contributed by atoms with E-state index < -0.39 is 0 Å². The zero-order valence-corrected chi connectivity index (χ0v) is 21.2. The Kier molecular flexibility index (Phi) is 6.65. The van der Waals surface area contributed by atoms with Gasteiger partial charge < -0.3 is 15.1 Å². The second-order valence-corrected chi connectivity index (χ2v) is 9.90. The van der Waals surface area contributed by atoms with Gasteiger partial charge in [0.15, 0.2) is 17.1 Å². The average molecular weight is 516 g/mol. The second-order valence-electron chi connectivity index (χ2n) is 9.05. The molecule has 4 heterocycles. The number of amides is 1. The van der Waals surface area contributed by atoms with E-state index >= 15 is 0 Å². The highest BCUT2D eigenvalue weighted by Gasteiger charge is 2.30. The lowest BCUT2D eigenvalue weighted by molar-refractivity contribution is -0.133. The van der Waals surface area contributed by atoms with E-state index in [2.05, 4.69) is 20.3 Å². The topological polar surface area (TPSA) is 96.3 Å². The molecule has 0 radical (unpaired) electrons. The maximum absolute atomic E-state index is 12.7. The van der Waals surface area contributed by atoms with Crippen LogP contribution in [0.3, 0.4) is 0 Å². The predicted octanol–water partition coefficient (Wildman–Crippen LogP) is 3.35. The number of Topliss-reactive ketones (excluding diaryl/α,β-unsaturated/α-hetero) is 1. The van der Waals surface area contributed by atoms with Crippen LogP contribution in [0.15, 0.2) is 24.4 Å². The van der Waals surface area contributed by atoms with E-state index in [4.69, 9.17) is 28.2 Å². The van der Waals surface area contributed by atoms with Gasteiger partial charge in [-0.3, -0.25) is 9.59 Å². The fraction of sp³-hybridized carbons (Fsp3) is 0.458. The number of rotatable bonds is 5. The summed E-state index contributed by atoms with van der Waals surface area (Å²) in [5.41, 5.74) is 2.06. The van der Waals surface area contributed by atoms with Gasteiger partial charge in [0.1, 0.15) is 11.3 Å². The van der Waals surface area contributed by atoms with Crippen LogP contribution in [0.2, 0.25) is 10.0 Å². The Morgan fingerprint density at radius 1 is 1.17 bits per heavy atom. The molecular formula is C24H27Cl2N7O2. The fourth-order valence-corrected chi connectivity index (χ4v) is 5.37. The molecule has 2 unspecified atom stereocenters. The van der Waals surface area contributed by atoms with Crippen molar-refractivity contribution in [2.75, 3.05) is 37.6 Å². The molecule has 184 valence electrons. The summed E-state index contributed by atoms with van der Waals surface area (Å²) < 4.78 is 1.70. The standard InChI is InChI=1S/C24H27Cl2N7O2/c1-14(17-6-5-16(25)12-18(17)26)33-23-22(21(30-33)15(2)34)28-13-20(29-23)31-8-10-32(11-9-31)24(35)19-4-3-7-27-19/h5-6,12-14,19,27H,3-4,7-11H2,1-2H3. The van der Waals surface area contributed by atoms with Crippen molar-refractivity contribution in [3.8, 4) is 0 Å². The summed E-state index contributed by atoms with van der Waals surface area (Å²) in [6.07, 6.45) is 3.62. The molecule has 9 nitrogen and oxygen atoms in total. The SMILES string of the molecule is CC(=O)c1nn(C(C)c2ccc(Cl)cc2Cl)c2nc(N3CCN(C(=O)C4CCCN4)CC3)cnc12. The fourth-order valence-electron chi connectivity index (χ4n) is 4.80. The first-order valence-corrected chi connectivity index (χ1v) is 12.6. The zero-order chi connectivity index (χ0) is 24.7. The van der Waals surface area contributed by atoms with Crippen molar-refractivity contribution in [3.05, 3.63) is 45.7 Å². The lowest BCUT2D eigenvalue weighted by Crippen LogP contribution is -2.53. The number of nitrogens with one attached hydrogen (secondary N) is 1. The van der Waals surface area contributed by atoms with Crippen LogP contribution in [0, 0.1) is 0 Å². The molecule has 0 aliphatic carbocycles. The Labute approximate surface area is 213 Å². The van der Waals surface area contributed by atoms with Gasteiger partial charge in [-0.15, -0.1) is 0 Å². The average Bonchev–Trinajstić information content (AvgIpc) is 3.51. The summed E-state index contributed by atoms with van der Waals surface area (Å²) >= 11 is 12.5. The zero-order valence-electron chi connectivity index (χ0n) is 19.7. The van der Waals surface area contributed by atoms with Crippen LogP contribution in [0.5, 0.6) is 0 Å². The van der Waals surface area contributed by atoms with Crippen LogP contribution < -0.4 is 10.2 Å². The van der Waals surface area contributed by atoms with Gasteiger partial charge in [-0.1, -0.05) is 29.3 Å². The van der Waals surface area contributed by atoms with Crippen molar-refractivity contribution in [2.24, 2.45) is 0 Å². The largest absolute Gasteiger partial charge is 0.352 e. The number of fused-ring (bicyclic) bond motifs is 1. The number of hydrogen-bond donors (Lipinski definition) is 1. The summed E-state index contributed by atoms with van der Waals surface area (Å²) in [4.78, 5) is 38.5. The van der Waals surface area contributed by atoms with Gasteiger partial charge in [0, 0.05) is 43.1 Å². The summed E-state index contributed by atoms with van der Waals surface area (Å²) in [5, 5.41) is 8.91. The Balaban J connectivity index is 1.43. The van der Waals surface area contributed by atoms with Crippen molar-refractivity contribution in [2.45, 2.75) is 38.8 Å². The number of ketones is 1. The summed E-state index contributed by atoms with van der Waals surface area (Å²) in [7, 11) is 0. The molecule has 2 fully saturated rings. The maximum Gasteiger partial charge on any atom is 0.239 e. The molecule has 1 amide bonds. The number of nitrogens with zero attached hydrogens (tertiary/aromatic N) is 6. The van der Waals surface area contributed by atoms with E-state index in [0.29, 0.717) is 53.2 Å². The summed E-state index contributed by atoms with van der Waals surface area (Å²) in [5.74, 6) is 0.689. The summed E-state index contributed by atoms with van der Waals surface area (Å²) in [6, 6.07) is 4.95. The highest BCUT2D eigenvalue weighted by Crippen LogP contribution is 2.31. The molecule has 0 bridgehead atoms. The first kappa shape index (κ1) is 24.0. The lowest BCUT2D eigenvalue weighted by atomic mass is 10.1. The smallest absolute Gasteiger partial charge is 0.239 e. The maximum atomic E-state index is 12.7. The molecule has 1 aromatic carbocycles.